The lowest BCUT2D eigenvalue weighted by atomic mass is 9.82. The summed E-state index contributed by atoms with van der Waals surface area (Å²) in [5.41, 5.74) is 12.9. The zero-order chi connectivity index (χ0) is 25.1. The molecule has 1 aliphatic rings. The van der Waals surface area contributed by atoms with Gasteiger partial charge in [-0.05, 0) is 83.2 Å². The molecule has 0 bridgehead atoms. The molecule has 0 saturated heterocycles. The third-order valence-electron chi connectivity index (χ3n) is 8.01. The summed E-state index contributed by atoms with van der Waals surface area (Å²) in [5, 5.41) is 5.19. The van der Waals surface area contributed by atoms with E-state index in [-0.39, 0.29) is 0 Å². The summed E-state index contributed by atoms with van der Waals surface area (Å²) in [6.07, 6.45) is 0. The van der Waals surface area contributed by atoms with E-state index in [1.807, 2.05) is 0 Å². The van der Waals surface area contributed by atoms with Crippen LogP contribution in [-0.4, -0.2) is 0 Å². The monoisotopic (exact) mass is 480 g/mol. The quantitative estimate of drug-likeness (QED) is 0.236. The van der Waals surface area contributed by atoms with Gasteiger partial charge in [0.15, 0.2) is 0 Å². The first-order valence-corrected chi connectivity index (χ1v) is 13.2. The molecule has 0 unspecified atom stereocenters. The maximum atomic E-state index is 2.42. The van der Waals surface area contributed by atoms with Crippen LogP contribution in [0, 0.1) is 0 Å². The number of hydrogen-bond acceptors (Lipinski definition) is 0. The van der Waals surface area contributed by atoms with E-state index in [1.54, 1.807) is 0 Å². The van der Waals surface area contributed by atoms with Gasteiger partial charge in [-0.2, -0.15) is 0 Å². The summed E-state index contributed by atoms with van der Waals surface area (Å²) in [4.78, 5) is 0. The lowest BCUT2D eigenvalue weighted by Crippen LogP contribution is -1.94. The second kappa shape index (κ2) is 8.30. The molecule has 0 N–H and O–H groups in total. The van der Waals surface area contributed by atoms with E-state index < -0.39 is 0 Å². The number of fused-ring (bicyclic) bond motifs is 4. The molecule has 0 atom stereocenters. The molecule has 7 aromatic carbocycles. The van der Waals surface area contributed by atoms with Gasteiger partial charge in [0.2, 0.25) is 0 Å². The summed E-state index contributed by atoms with van der Waals surface area (Å²) < 4.78 is 0. The second-order valence-corrected chi connectivity index (χ2v) is 10.1. The Balaban J connectivity index is 1.58. The molecular weight excluding hydrogens is 456 g/mol. The van der Waals surface area contributed by atoms with E-state index in [0.717, 1.165) is 0 Å². The van der Waals surface area contributed by atoms with Gasteiger partial charge >= 0.3 is 0 Å². The molecule has 0 nitrogen and oxygen atoms in total. The maximum Gasteiger partial charge on any atom is -0.000785 e. The summed E-state index contributed by atoms with van der Waals surface area (Å²) in [6.45, 7) is 0. The van der Waals surface area contributed by atoms with E-state index >= 15 is 0 Å². The minimum Gasteiger partial charge on any atom is -0.0622 e. The Morgan fingerprint density at radius 3 is 1.66 bits per heavy atom. The number of benzene rings is 7. The predicted molar refractivity (Wildman–Crippen MR) is 162 cm³/mol. The Morgan fingerprint density at radius 1 is 0.289 bits per heavy atom. The molecule has 0 amide bonds. The smallest absolute Gasteiger partial charge is 0.000785 e. The molecule has 0 spiro atoms. The highest BCUT2D eigenvalue weighted by atomic mass is 14.3. The van der Waals surface area contributed by atoms with Crippen LogP contribution in [0.1, 0.15) is 0 Å². The van der Waals surface area contributed by atoms with Gasteiger partial charge in [-0.25, -0.2) is 0 Å². The molecule has 0 aliphatic heterocycles. The van der Waals surface area contributed by atoms with Gasteiger partial charge in [0.1, 0.15) is 0 Å². The normalized spacial score (nSPS) is 11.7. The van der Waals surface area contributed by atoms with Crippen LogP contribution in [0.3, 0.4) is 0 Å². The third-order valence-corrected chi connectivity index (χ3v) is 8.01. The topological polar surface area (TPSA) is 0 Å². The van der Waals surface area contributed by atoms with Crippen molar-refractivity contribution in [1.82, 2.24) is 0 Å². The van der Waals surface area contributed by atoms with Crippen molar-refractivity contribution < 1.29 is 0 Å². The third kappa shape index (κ3) is 3.04. The summed E-state index contributed by atoms with van der Waals surface area (Å²) in [5.74, 6) is 0. The van der Waals surface area contributed by atoms with Gasteiger partial charge in [-0.15, -0.1) is 0 Å². The van der Waals surface area contributed by atoms with Crippen LogP contribution < -0.4 is 0 Å². The van der Waals surface area contributed by atoms with Crippen molar-refractivity contribution in [3.05, 3.63) is 146 Å². The van der Waals surface area contributed by atoms with Crippen LogP contribution in [-0.2, 0) is 0 Å². The molecular formula is C38H24. The zero-order valence-corrected chi connectivity index (χ0v) is 20.9. The van der Waals surface area contributed by atoms with Gasteiger partial charge in [0.05, 0.1) is 0 Å². The van der Waals surface area contributed by atoms with Crippen molar-refractivity contribution >= 4 is 21.5 Å². The number of hydrogen-bond donors (Lipinski definition) is 0. The van der Waals surface area contributed by atoms with E-state index in [2.05, 4.69) is 146 Å². The van der Waals surface area contributed by atoms with Crippen molar-refractivity contribution in [2.75, 3.05) is 0 Å². The average molecular weight is 481 g/mol. The first-order valence-electron chi connectivity index (χ1n) is 13.2. The molecule has 0 radical (unpaired) electrons. The molecule has 38 heavy (non-hydrogen) atoms. The van der Waals surface area contributed by atoms with Crippen LogP contribution in [0.2, 0.25) is 0 Å². The standard InChI is InChI=1S/C38H24/c1-2-12-25(13-3-1)28-17-6-7-19-30(28)35-24-27-16-11-23-33-31-20-8-9-21-34(31)38(36(27)33)37(35)32-22-10-15-26-14-4-5-18-29(26)32/h1-24H. The largest absolute Gasteiger partial charge is 0.0622 e. The first kappa shape index (κ1) is 21.2. The minimum atomic E-state index is 1.23. The Bertz CT molecular complexity index is 2010. The minimum absolute atomic E-state index is 1.23. The van der Waals surface area contributed by atoms with Gasteiger partial charge in [0.25, 0.3) is 0 Å². The van der Waals surface area contributed by atoms with Crippen LogP contribution in [0.25, 0.3) is 77.2 Å². The summed E-state index contributed by atoms with van der Waals surface area (Å²) in [7, 11) is 0. The maximum absolute atomic E-state index is 2.42. The fourth-order valence-electron chi connectivity index (χ4n) is 6.41. The van der Waals surface area contributed by atoms with Crippen LogP contribution >= 0.6 is 0 Å². The van der Waals surface area contributed by atoms with Crippen LogP contribution in [0.15, 0.2) is 146 Å². The second-order valence-electron chi connectivity index (χ2n) is 10.1. The lowest BCUT2D eigenvalue weighted by Gasteiger charge is -2.20. The van der Waals surface area contributed by atoms with Crippen molar-refractivity contribution in [2.24, 2.45) is 0 Å². The molecule has 0 heterocycles. The molecule has 8 rings (SSSR count). The van der Waals surface area contributed by atoms with Gasteiger partial charge in [-0.3, -0.25) is 0 Å². The highest BCUT2D eigenvalue weighted by molar-refractivity contribution is 6.23. The highest BCUT2D eigenvalue weighted by Gasteiger charge is 2.28. The van der Waals surface area contributed by atoms with Crippen molar-refractivity contribution in [2.45, 2.75) is 0 Å². The molecule has 0 heteroatoms. The van der Waals surface area contributed by atoms with Crippen LogP contribution in [0.5, 0.6) is 0 Å². The molecule has 0 saturated carbocycles. The van der Waals surface area contributed by atoms with Gasteiger partial charge in [0, 0.05) is 0 Å². The van der Waals surface area contributed by atoms with Crippen molar-refractivity contribution in [3.63, 3.8) is 0 Å². The average Bonchev–Trinajstić information content (AvgIpc) is 3.33. The fraction of sp³-hybridized carbons (Fsp3) is 0. The Hall–Kier alpha value is -4.94. The van der Waals surface area contributed by atoms with Crippen molar-refractivity contribution in [3.8, 4) is 55.6 Å². The Labute approximate surface area is 222 Å². The summed E-state index contributed by atoms with van der Waals surface area (Å²) >= 11 is 0. The number of rotatable bonds is 3. The lowest BCUT2D eigenvalue weighted by molar-refractivity contribution is 1.58. The Kier molecular flexibility index (Phi) is 4.62. The van der Waals surface area contributed by atoms with Gasteiger partial charge < -0.3 is 0 Å². The summed E-state index contributed by atoms with van der Waals surface area (Å²) in [6, 6.07) is 53.2. The first-order chi connectivity index (χ1) is 18.9. The van der Waals surface area contributed by atoms with Gasteiger partial charge in [-0.1, -0.05) is 140 Å². The zero-order valence-electron chi connectivity index (χ0n) is 20.9. The highest BCUT2D eigenvalue weighted by Crippen LogP contribution is 2.55. The van der Waals surface area contributed by atoms with Crippen molar-refractivity contribution in [1.29, 1.82) is 0 Å². The predicted octanol–water partition coefficient (Wildman–Crippen LogP) is 10.6. The molecule has 1 aliphatic carbocycles. The van der Waals surface area contributed by atoms with E-state index in [9.17, 15) is 0 Å². The van der Waals surface area contributed by atoms with E-state index in [4.69, 9.17) is 0 Å². The van der Waals surface area contributed by atoms with Crippen LogP contribution in [0.4, 0.5) is 0 Å². The molecule has 0 aromatic heterocycles. The fourth-order valence-corrected chi connectivity index (χ4v) is 6.41. The molecule has 7 aromatic rings. The van der Waals surface area contributed by atoms with E-state index in [0.29, 0.717) is 0 Å². The Morgan fingerprint density at radius 2 is 0.842 bits per heavy atom. The molecule has 0 fully saturated rings. The van der Waals surface area contributed by atoms with E-state index in [1.165, 1.54) is 77.2 Å². The SMILES string of the molecule is c1ccc(-c2ccccc2-c2cc3cccc4c3c(c2-c2cccc3ccccc23)-c2ccccc2-4)cc1. The molecule has 176 valence electrons.